The number of aliphatic imine (C=N–C) groups is 1. The summed E-state index contributed by atoms with van der Waals surface area (Å²) in [6.45, 7) is 9.12. The third-order valence-corrected chi connectivity index (χ3v) is 6.82. The van der Waals surface area contributed by atoms with Gasteiger partial charge in [-0.1, -0.05) is 39.0 Å². The van der Waals surface area contributed by atoms with Gasteiger partial charge < -0.3 is 14.2 Å². The lowest BCUT2D eigenvalue weighted by Gasteiger charge is -2.20. The van der Waals surface area contributed by atoms with Gasteiger partial charge >= 0.3 is 0 Å². The quantitative estimate of drug-likeness (QED) is 0.305. The second kappa shape index (κ2) is 11.6. The highest BCUT2D eigenvalue weighted by Gasteiger charge is 2.35. The summed E-state index contributed by atoms with van der Waals surface area (Å²) in [5.74, 6) is 1.89. The van der Waals surface area contributed by atoms with Crippen molar-refractivity contribution in [2.24, 2.45) is 10.1 Å². The third-order valence-electron chi connectivity index (χ3n) is 5.85. The number of hydrogen-bond acceptors (Lipinski definition) is 7. The summed E-state index contributed by atoms with van der Waals surface area (Å²) >= 11 is 1.34. The molecule has 1 N–H and O–H groups in total. The number of nitrogens with zero attached hydrogens (tertiary/aromatic N) is 3. The van der Waals surface area contributed by atoms with Gasteiger partial charge in [-0.25, -0.2) is 0 Å². The molecule has 9 heteroatoms. The first kappa shape index (κ1) is 26.5. The van der Waals surface area contributed by atoms with Gasteiger partial charge in [0.2, 0.25) is 5.17 Å². The number of thioether (sulfide) groups is 1. The molecule has 0 bridgehead atoms. The first-order chi connectivity index (χ1) is 17.8. The second-order valence-corrected chi connectivity index (χ2v) is 10.1. The summed E-state index contributed by atoms with van der Waals surface area (Å²) in [6, 6.07) is 11.6. The zero-order chi connectivity index (χ0) is 26.5. The summed E-state index contributed by atoms with van der Waals surface area (Å²) in [5.41, 5.74) is 3.18. The minimum absolute atomic E-state index is 0.0157. The van der Waals surface area contributed by atoms with Crippen LogP contribution in [-0.2, 0) is 4.79 Å². The Bertz CT molecular complexity index is 1300. The molecule has 0 fully saturated rings. The molecular weight excluding hydrogens is 488 g/mol. The van der Waals surface area contributed by atoms with Crippen molar-refractivity contribution >= 4 is 39.8 Å². The molecule has 4 rings (SSSR count). The average molecular weight is 521 g/mol. The van der Waals surface area contributed by atoms with Crippen LogP contribution >= 0.6 is 11.8 Å². The predicted octanol–water partition coefficient (Wildman–Crippen LogP) is 6.00. The number of rotatable bonds is 10. The topological polar surface area (TPSA) is 96.6 Å². The molecule has 2 aliphatic heterocycles. The molecule has 0 spiro atoms. The van der Waals surface area contributed by atoms with E-state index < -0.39 is 5.91 Å². The van der Waals surface area contributed by atoms with Gasteiger partial charge in [0.1, 0.15) is 24.0 Å². The molecule has 2 aromatic carbocycles. The molecule has 1 amide bonds. The van der Waals surface area contributed by atoms with Gasteiger partial charge in [-0.2, -0.15) is 15.1 Å². The maximum absolute atomic E-state index is 12.7. The van der Waals surface area contributed by atoms with Crippen LogP contribution in [0.5, 0.6) is 17.2 Å². The molecule has 194 valence electrons. The lowest BCUT2D eigenvalue weighted by atomic mass is 10.0. The number of amides is 1. The molecule has 2 heterocycles. The van der Waals surface area contributed by atoms with Crippen molar-refractivity contribution in [3.8, 4) is 17.2 Å². The Morgan fingerprint density at radius 3 is 2.54 bits per heavy atom. The predicted molar refractivity (Wildman–Crippen MR) is 149 cm³/mol. The van der Waals surface area contributed by atoms with E-state index in [2.05, 4.69) is 43.0 Å². The molecular formula is C28H32N4O4S. The maximum atomic E-state index is 12.7. The van der Waals surface area contributed by atoms with Crippen molar-refractivity contribution in [3.63, 3.8) is 0 Å². The van der Waals surface area contributed by atoms with Crippen LogP contribution in [0.15, 0.2) is 52.1 Å². The highest BCUT2D eigenvalue weighted by molar-refractivity contribution is 8.26. The van der Waals surface area contributed by atoms with Crippen LogP contribution in [0.2, 0.25) is 0 Å². The van der Waals surface area contributed by atoms with Crippen LogP contribution in [0.4, 0.5) is 0 Å². The van der Waals surface area contributed by atoms with Gasteiger partial charge in [-0.15, -0.1) is 0 Å². The van der Waals surface area contributed by atoms with E-state index in [1.54, 1.807) is 25.3 Å². The molecule has 0 saturated carbocycles. The summed E-state index contributed by atoms with van der Waals surface area (Å²) in [6.07, 6.45) is 3.35. The summed E-state index contributed by atoms with van der Waals surface area (Å²) in [5, 5.41) is 15.7. The highest BCUT2D eigenvalue weighted by atomic mass is 32.2. The summed E-state index contributed by atoms with van der Waals surface area (Å²) in [4.78, 5) is 16.8. The fourth-order valence-corrected chi connectivity index (χ4v) is 4.94. The number of aryl methyl sites for hydroxylation is 1. The molecule has 0 aliphatic carbocycles. The van der Waals surface area contributed by atoms with Gasteiger partial charge in [0, 0.05) is 0 Å². The Hall–Kier alpha value is -3.59. The van der Waals surface area contributed by atoms with Crippen LogP contribution in [-0.4, -0.2) is 47.3 Å². The van der Waals surface area contributed by atoms with Gasteiger partial charge in [0.25, 0.3) is 5.91 Å². The molecule has 0 unspecified atom stereocenters. The van der Waals surface area contributed by atoms with Crippen molar-refractivity contribution in [2.75, 3.05) is 20.3 Å². The number of carbonyl (C=O) groups is 1. The van der Waals surface area contributed by atoms with Crippen LogP contribution in [0.1, 0.15) is 56.2 Å². The van der Waals surface area contributed by atoms with E-state index in [0.29, 0.717) is 41.4 Å². The standard InChI is InChI=1S/C28H32N4O4S/c1-6-7-25-31-32-26(29)21(27(33)30-28(32)37-25)15-19-9-11-22(24(16-19)34-5)35-12-13-36-23-14-18(4)8-10-20(23)17(2)3/h8-11,14-17,29H,6-7,12-13H2,1-5H3. The number of nitrogens with one attached hydrogen (secondary N) is 1. The van der Waals surface area contributed by atoms with Crippen LogP contribution in [0, 0.1) is 12.3 Å². The van der Waals surface area contributed by atoms with Crippen molar-refractivity contribution in [2.45, 2.75) is 46.5 Å². The number of methoxy groups -OCH3 is 1. The minimum Gasteiger partial charge on any atom is -0.493 e. The Morgan fingerprint density at radius 2 is 1.84 bits per heavy atom. The Labute approximate surface area is 221 Å². The van der Waals surface area contributed by atoms with Crippen LogP contribution < -0.4 is 14.2 Å². The molecule has 37 heavy (non-hydrogen) atoms. The maximum Gasteiger partial charge on any atom is 0.283 e. The fraction of sp³-hybridized carbons (Fsp3) is 0.357. The van der Waals surface area contributed by atoms with Gasteiger partial charge in [0.15, 0.2) is 17.3 Å². The third kappa shape index (κ3) is 6.05. The fourth-order valence-electron chi connectivity index (χ4n) is 3.95. The first-order valence-electron chi connectivity index (χ1n) is 12.3. The van der Waals surface area contributed by atoms with Crippen molar-refractivity contribution in [3.05, 3.63) is 58.7 Å². The molecule has 2 aliphatic rings. The van der Waals surface area contributed by atoms with E-state index in [1.165, 1.54) is 22.3 Å². The smallest absolute Gasteiger partial charge is 0.283 e. The van der Waals surface area contributed by atoms with E-state index in [1.807, 2.05) is 19.1 Å². The van der Waals surface area contributed by atoms with Gasteiger partial charge in [-0.3, -0.25) is 10.2 Å². The van der Waals surface area contributed by atoms with Gasteiger partial charge in [0.05, 0.1) is 12.7 Å². The minimum atomic E-state index is -0.454. The van der Waals surface area contributed by atoms with E-state index in [-0.39, 0.29) is 11.4 Å². The second-order valence-electron chi connectivity index (χ2n) is 9.07. The molecule has 2 aromatic rings. The molecule has 0 radical (unpaired) electrons. The number of ether oxygens (including phenoxy) is 3. The van der Waals surface area contributed by atoms with E-state index in [9.17, 15) is 4.79 Å². The number of hydrogen-bond donors (Lipinski definition) is 1. The highest BCUT2D eigenvalue weighted by Crippen LogP contribution is 2.32. The van der Waals surface area contributed by atoms with Crippen LogP contribution in [0.3, 0.4) is 0 Å². The lowest BCUT2D eigenvalue weighted by Crippen LogP contribution is -2.35. The monoisotopic (exact) mass is 520 g/mol. The van der Waals surface area contributed by atoms with Crippen molar-refractivity contribution in [1.29, 1.82) is 5.41 Å². The summed E-state index contributed by atoms with van der Waals surface area (Å²) in [7, 11) is 1.56. The average Bonchev–Trinajstić information content (AvgIpc) is 3.27. The number of fused-ring (bicyclic) bond motifs is 1. The number of hydrazone groups is 1. The van der Waals surface area contributed by atoms with E-state index in [0.717, 1.165) is 29.2 Å². The first-order valence-corrected chi connectivity index (χ1v) is 13.2. The largest absolute Gasteiger partial charge is 0.493 e. The Morgan fingerprint density at radius 1 is 1.08 bits per heavy atom. The summed E-state index contributed by atoms with van der Waals surface area (Å²) < 4.78 is 17.5. The van der Waals surface area contributed by atoms with Gasteiger partial charge in [-0.05, 0) is 78.4 Å². The number of benzene rings is 2. The SMILES string of the molecule is CCCC1=NN2C(=N)C(=Cc3ccc(OCCOc4cc(C)ccc4C(C)C)c(OC)c3)C(=O)N=C2S1. The molecule has 0 saturated heterocycles. The zero-order valence-electron chi connectivity index (χ0n) is 21.8. The zero-order valence-corrected chi connectivity index (χ0v) is 22.6. The Kier molecular flexibility index (Phi) is 8.33. The van der Waals surface area contributed by atoms with Crippen LogP contribution in [0.25, 0.3) is 6.08 Å². The lowest BCUT2D eigenvalue weighted by molar-refractivity contribution is -0.114. The van der Waals surface area contributed by atoms with E-state index in [4.69, 9.17) is 19.6 Å². The normalized spacial score (nSPS) is 16.2. The number of carbonyl (C=O) groups excluding carboxylic acids is 1. The molecule has 8 nitrogen and oxygen atoms in total. The Balaban J connectivity index is 1.43. The number of amidine groups is 2. The van der Waals surface area contributed by atoms with Crippen molar-refractivity contribution < 1.29 is 19.0 Å². The van der Waals surface area contributed by atoms with E-state index >= 15 is 0 Å². The van der Waals surface area contributed by atoms with Crippen molar-refractivity contribution in [1.82, 2.24) is 5.01 Å². The molecule has 0 atom stereocenters. The molecule has 0 aromatic heterocycles.